The predicted molar refractivity (Wildman–Crippen MR) is 74.6 cm³/mol. The van der Waals surface area contributed by atoms with Crippen LogP contribution in [0.5, 0.6) is 0 Å². The van der Waals surface area contributed by atoms with E-state index in [9.17, 15) is 4.79 Å². The van der Waals surface area contributed by atoms with Crippen molar-refractivity contribution in [3.63, 3.8) is 0 Å². The minimum atomic E-state index is 0.00462. The second kappa shape index (κ2) is 5.82. The van der Waals surface area contributed by atoms with Crippen molar-refractivity contribution in [1.29, 1.82) is 0 Å². The summed E-state index contributed by atoms with van der Waals surface area (Å²) >= 11 is 3.46. The van der Waals surface area contributed by atoms with Gasteiger partial charge in [-0.05, 0) is 43.7 Å². The molecule has 1 fully saturated rings. The van der Waals surface area contributed by atoms with Gasteiger partial charge in [-0.1, -0.05) is 15.9 Å². The van der Waals surface area contributed by atoms with Crippen LogP contribution in [-0.4, -0.2) is 31.7 Å². The van der Waals surface area contributed by atoms with Gasteiger partial charge >= 0.3 is 0 Å². The summed E-state index contributed by atoms with van der Waals surface area (Å²) < 4.78 is 6.50. The molecule has 1 aromatic carbocycles. The fraction of sp³-hybridized carbons (Fsp3) is 0.462. The topological polar surface area (TPSA) is 55.6 Å². The molecule has 1 aliphatic heterocycles. The van der Waals surface area contributed by atoms with Crippen LogP contribution in [0.3, 0.4) is 0 Å². The van der Waals surface area contributed by atoms with Gasteiger partial charge < -0.3 is 15.4 Å². The van der Waals surface area contributed by atoms with E-state index in [-0.39, 0.29) is 18.6 Å². The lowest BCUT2D eigenvalue weighted by Gasteiger charge is -2.32. The van der Waals surface area contributed by atoms with E-state index in [4.69, 9.17) is 10.5 Å². The van der Waals surface area contributed by atoms with Crippen LogP contribution in [0.25, 0.3) is 0 Å². The van der Waals surface area contributed by atoms with E-state index in [0.29, 0.717) is 13.1 Å². The highest BCUT2D eigenvalue weighted by Gasteiger charge is 2.26. The first-order valence-electron chi connectivity index (χ1n) is 6.00. The standard InChI is InChI=1S/C13H17BrN2O2/c1-9-6-10(2-3-12(9)14)16-7-11(4-5-15)18-8-13(16)17/h2-3,6,11H,4-5,7-8,15H2,1H3. The van der Waals surface area contributed by atoms with Gasteiger partial charge in [0, 0.05) is 10.2 Å². The van der Waals surface area contributed by atoms with Crippen molar-refractivity contribution < 1.29 is 9.53 Å². The van der Waals surface area contributed by atoms with Crippen LogP contribution < -0.4 is 10.6 Å². The molecule has 1 aromatic rings. The molecule has 0 aromatic heterocycles. The highest BCUT2D eigenvalue weighted by molar-refractivity contribution is 9.10. The number of amides is 1. The number of carbonyl (C=O) groups is 1. The molecule has 0 saturated carbocycles. The van der Waals surface area contributed by atoms with Gasteiger partial charge in [0.05, 0.1) is 12.6 Å². The van der Waals surface area contributed by atoms with E-state index in [1.807, 2.05) is 25.1 Å². The van der Waals surface area contributed by atoms with Gasteiger partial charge in [0.25, 0.3) is 5.91 Å². The Morgan fingerprint density at radius 3 is 3.00 bits per heavy atom. The van der Waals surface area contributed by atoms with E-state index in [0.717, 1.165) is 22.1 Å². The third-order valence-corrected chi connectivity index (χ3v) is 3.96. The molecule has 98 valence electrons. The summed E-state index contributed by atoms with van der Waals surface area (Å²) in [6.07, 6.45) is 0.816. The van der Waals surface area contributed by atoms with Crippen LogP contribution in [0.15, 0.2) is 22.7 Å². The van der Waals surface area contributed by atoms with Crippen molar-refractivity contribution >= 4 is 27.5 Å². The fourth-order valence-corrected chi connectivity index (χ4v) is 2.28. The zero-order chi connectivity index (χ0) is 13.1. The quantitative estimate of drug-likeness (QED) is 0.926. The number of morpholine rings is 1. The number of ether oxygens (including phenoxy) is 1. The molecule has 0 aliphatic carbocycles. The third kappa shape index (κ3) is 2.91. The number of nitrogens with two attached hydrogens (primary N) is 1. The van der Waals surface area contributed by atoms with Crippen LogP contribution in [0, 0.1) is 6.92 Å². The molecule has 5 heteroatoms. The normalized spacial score (nSPS) is 20.3. The Hall–Kier alpha value is -0.910. The summed E-state index contributed by atoms with van der Waals surface area (Å²) in [5, 5.41) is 0. The van der Waals surface area contributed by atoms with Crippen molar-refractivity contribution in [2.75, 3.05) is 24.6 Å². The number of rotatable bonds is 3. The van der Waals surface area contributed by atoms with E-state index >= 15 is 0 Å². The Kier molecular flexibility index (Phi) is 4.37. The molecule has 18 heavy (non-hydrogen) atoms. The van der Waals surface area contributed by atoms with Crippen molar-refractivity contribution in [3.8, 4) is 0 Å². The maximum Gasteiger partial charge on any atom is 0.253 e. The van der Waals surface area contributed by atoms with Gasteiger partial charge in [-0.25, -0.2) is 0 Å². The Balaban J connectivity index is 2.18. The molecule has 2 N–H and O–H groups in total. The molecular formula is C13H17BrN2O2. The van der Waals surface area contributed by atoms with Crippen LogP contribution >= 0.6 is 15.9 Å². The Bertz CT molecular complexity index is 451. The van der Waals surface area contributed by atoms with Crippen LogP contribution in [-0.2, 0) is 9.53 Å². The molecule has 0 radical (unpaired) electrons. The molecule has 1 heterocycles. The van der Waals surface area contributed by atoms with Crippen molar-refractivity contribution in [3.05, 3.63) is 28.2 Å². The van der Waals surface area contributed by atoms with Crippen LogP contribution in [0.1, 0.15) is 12.0 Å². The highest BCUT2D eigenvalue weighted by atomic mass is 79.9. The second-order valence-electron chi connectivity index (χ2n) is 4.45. The van der Waals surface area contributed by atoms with Gasteiger partial charge in [0.2, 0.25) is 0 Å². The maximum absolute atomic E-state index is 11.9. The maximum atomic E-state index is 11.9. The summed E-state index contributed by atoms with van der Waals surface area (Å²) in [6.45, 7) is 3.30. The Morgan fingerprint density at radius 2 is 2.33 bits per heavy atom. The number of hydrogen-bond donors (Lipinski definition) is 1. The van der Waals surface area contributed by atoms with E-state index in [1.54, 1.807) is 4.90 Å². The first kappa shape index (κ1) is 13.5. The number of anilines is 1. The van der Waals surface area contributed by atoms with Crippen molar-refractivity contribution in [2.45, 2.75) is 19.4 Å². The summed E-state index contributed by atoms with van der Waals surface area (Å²) in [4.78, 5) is 13.7. The molecule has 0 spiro atoms. The first-order chi connectivity index (χ1) is 8.61. The molecule has 0 bridgehead atoms. The lowest BCUT2D eigenvalue weighted by atomic mass is 10.1. The SMILES string of the molecule is Cc1cc(N2CC(CCN)OCC2=O)ccc1Br. The Labute approximate surface area is 115 Å². The van der Waals surface area contributed by atoms with Gasteiger partial charge in [0.15, 0.2) is 0 Å². The average Bonchev–Trinajstić information content (AvgIpc) is 2.35. The minimum Gasteiger partial charge on any atom is -0.366 e. The number of nitrogens with zero attached hydrogens (tertiary/aromatic N) is 1. The largest absolute Gasteiger partial charge is 0.366 e. The average molecular weight is 313 g/mol. The smallest absolute Gasteiger partial charge is 0.253 e. The van der Waals surface area contributed by atoms with E-state index in [1.165, 1.54) is 0 Å². The van der Waals surface area contributed by atoms with Crippen molar-refractivity contribution in [2.24, 2.45) is 5.73 Å². The molecule has 1 aliphatic rings. The molecule has 4 nitrogen and oxygen atoms in total. The number of halogens is 1. The number of hydrogen-bond acceptors (Lipinski definition) is 3. The molecule has 1 atom stereocenters. The van der Waals surface area contributed by atoms with Crippen LogP contribution in [0.4, 0.5) is 5.69 Å². The summed E-state index contributed by atoms with van der Waals surface area (Å²) in [5.74, 6) is 0.00462. The van der Waals surface area contributed by atoms with Gasteiger partial charge in [-0.3, -0.25) is 4.79 Å². The molecule has 2 rings (SSSR count). The molecule has 1 amide bonds. The summed E-state index contributed by atoms with van der Waals surface area (Å²) in [6, 6.07) is 5.91. The predicted octanol–water partition coefficient (Wildman–Crippen LogP) is 1.84. The monoisotopic (exact) mass is 312 g/mol. The second-order valence-corrected chi connectivity index (χ2v) is 5.30. The summed E-state index contributed by atoms with van der Waals surface area (Å²) in [7, 11) is 0. The number of benzene rings is 1. The number of aryl methyl sites for hydroxylation is 1. The first-order valence-corrected chi connectivity index (χ1v) is 6.79. The minimum absolute atomic E-state index is 0.00462. The van der Waals surface area contributed by atoms with Gasteiger partial charge in [0.1, 0.15) is 6.61 Å². The van der Waals surface area contributed by atoms with Gasteiger partial charge in [-0.2, -0.15) is 0 Å². The van der Waals surface area contributed by atoms with E-state index in [2.05, 4.69) is 15.9 Å². The van der Waals surface area contributed by atoms with Gasteiger partial charge in [-0.15, -0.1) is 0 Å². The van der Waals surface area contributed by atoms with Crippen LogP contribution in [0.2, 0.25) is 0 Å². The zero-order valence-corrected chi connectivity index (χ0v) is 11.9. The lowest BCUT2D eigenvalue weighted by Crippen LogP contribution is -2.47. The third-order valence-electron chi connectivity index (χ3n) is 3.07. The molecular weight excluding hydrogens is 296 g/mol. The zero-order valence-electron chi connectivity index (χ0n) is 10.4. The van der Waals surface area contributed by atoms with Crippen molar-refractivity contribution in [1.82, 2.24) is 0 Å². The number of carbonyl (C=O) groups excluding carboxylic acids is 1. The molecule has 1 unspecified atom stereocenters. The molecule has 1 saturated heterocycles. The van der Waals surface area contributed by atoms with E-state index < -0.39 is 0 Å². The lowest BCUT2D eigenvalue weighted by molar-refractivity contribution is -0.129. The highest BCUT2D eigenvalue weighted by Crippen LogP contribution is 2.25. The Morgan fingerprint density at radius 1 is 1.56 bits per heavy atom. The summed E-state index contributed by atoms with van der Waals surface area (Å²) in [5.41, 5.74) is 7.57. The fourth-order valence-electron chi connectivity index (χ4n) is 2.03.